The van der Waals surface area contributed by atoms with Gasteiger partial charge in [0.05, 0.1) is 68.7 Å². The molecule has 3 saturated carbocycles. The molecule has 5 saturated heterocycles. The zero-order chi connectivity index (χ0) is 54.9. The van der Waals surface area contributed by atoms with Crippen LogP contribution in [-0.4, -0.2) is 291 Å². The largest absolute Gasteiger partial charge is 0.460 e. The Kier molecular flexibility index (Phi) is 20.9. The molecule has 28 heteroatoms. The van der Waals surface area contributed by atoms with Crippen LogP contribution in [0.25, 0.3) is 0 Å². The third-order valence-corrected chi connectivity index (χ3v) is 16.5. The van der Waals surface area contributed by atoms with E-state index in [4.69, 9.17) is 47.4 Å². The molecule has 8 aliphatic rings. The summed E-state index contributed by atoms with van der Waals surface area (Å²) in [7, 11) is 0. The van der Waals surface area contributed by atoms with Crippen LogP contribution in [0.1, 0.15) is 64.2 Å². The molecule has 9 unspecified atom stereocenters. The van der Waals surface area contributed by atoms with E-state index in [1.54, 1.807) is 0 Å². The van der Waals surface area contributed by atoms with Crippen LogP contribution in [0.15, 0.2) is 12.2 Å². The molecule has 3 aliphatic carbocycles. The van der Waals surface area contributed by atoms with Crippen LogP contribution in [0, 0.1) is 17.8 Å². The average molecular weight is 1100 g/mol. The quantitative estimate of drug-likeness (QED) is 0.0504. The van der Waals surface area contributed by atoms with Gasteiger partial charge in [-0.3, -0.25) is 0 Å². The van der Waals surface area contributed by atoms with Crippen LogP contribution < -0.4 is 0 Å². The zero-order valence-corrected chi connectivity index (χ0v) is 41.5. The number of esters is 1. The number of ether oxygens (including phenoxy) is 10. The van der Waals surface area contributed by atoms with Gasteiger partial charge in [0.1, 0.15) is 104 Å². The predicted octanol–water partition coefficient (Wildman–Crippen LogP) is -7.89. The van der Waals surface area contributed by atoms with Gasteiger partial charge in [-0.1, -0.05) is 6.08 Å². The van der Waals surface area contributed by atoms with Gasteiger partial charge >= 0.3 is 5.97 Å². The molecule has 0 aromatic heterocycles. The first-order chi connectivity index (χ1) is 36.2. The maximum Gasteiger partial charge on any atom is 0.330 e. The number of fused-ring (bicyclic) bond motifs is 1. The van der Waals surface area contributed by atoms with Crippen LogP contribution in [0.2, 0.25) is 0 Å². The summed E-state index contributed by atoms with van der Waals surface area (Å²) in [6, 6.07) is 0. The molecule has 5 aliphatic heterocycles. The van der Waals surface area contributed by atoms with E-state index in [1.165, 1.54) is 6.08 Å². The Morgan fingerprint density at radius 2 is 0.947 bits per heavy atom. The number of carbonyl (C=O) groups excluding carboxylic acids is 1. The van der Waals surface area contributed by atoms with Crippen molar-refractivity contribution in [3.63, 3.8) is 0 Å². The molecular formula is C48H78O28. The second-order valence-electron chi connectivity index (χ2n) is 21.6. The molecule has 28 nitrogen and oxygen atoms in total. The van der Waals surface area contributed by atoms with Gasteiger partial charge in [0.15, 0.2) is 25.2 Å². The van der Waals surface area contributed by atoms with Gasteiger partial charge < -0.3 is 134 Å². The number of aliphatic hydroxyl groups excluding tert-OH is 17. The van der Waals surface area contributed by atoms with Crippen molar-refractivity contribution in [1.82, 2.24) is 0 Å². The summed E-state index contributed by atoms with van der Waals surface area (Å²) in [5.41, 5.74) is 0. The van der Waals surface area contributed by atoms with E-state index in [0.29, 0.717) is 32.1 Å². The van der Waals surface area contributed by atoms with Crippen LogP contribution in [0.3, 0.4) is 0 Å². The number of allylic oxidation sites excluding steroid dienone is 1. The highest BCUT2D eigenvalue weighted by Crippen LogP contribution is 2.45. The Bertz CT molecular complexity index is 1840. The van der Waals surface area contributed by atoms with Crippen molar-refractivity contribution >= 4 is 5.97 Å². The van der Waals surface area contributed by atoms with Gasteiger partial charge in [0.25, 0.3) is 0 Å². The summed E-state index contributed by atoms with van der Waals surface area (Å²) in [6.07, 6.45) is -35.7. The molecule has 5 heterocycles. The third kappa shape index (κ3) is 13.4. The maximum absolute atomic E-state index is 13.2. The summed E-state index contributed by atoms with van der Waals surface area (Å²) >= 11 is 0. The van der Waals surface area contributed by atoms with Crippen LogP contribution in [0.5, 0.6) is 0 Å². The molecule has 0 radical (unpaired) electrons. The summed E-state index contributed by atoms with van der Waals surface area (Å²) in [5, 5.41) is 180. The van der Waals surface area contributed by atoms with E-state index >= 15 is 0 Å². The number of rotatable bonds is 16. The first kappa shape index (κ1) is 60.3. The molecule has 76 heavy (non-hydrogen) atoms. The van der Waals surface area contributed by atoms with Crippen LogP contribution in [-0.2, 0) is 52.2 Å². The minimum absolute atomic E-state index is 0.0239. The first-order valence-electron chi connectivity index (χ1n) is 26.3. The van der Waals surface area contributed by atoms with E-state index < -0.39 is 210 Å². The Hall–Kier alpha value is -1.83. The topological polar surface area (TPSA) is 453 Å². The smallest absolute Gasteiger partial charge is 0.330 e. The lowest BCUT2D eigenvalue weighted by Crippen LogP contribution is -2.66. The fraction of sp³-hybridized carbons (Fsp3) is 0.938. The molecule has 0 amide bonds. The van der Waals surface area contributed by atoms with Gasteiger partial charge in [-0.2, -0.15) is 0 Å². The monoisotopic (exact) mass is 1100 g/mol. The second kappa shape index (κ2) is 26.4. The van der Waals surface area contributed by atoms with Crippen molar-refractivity contribution in [2.75, 3.05) is 26.4 Å². The van der Waals surface area contributed by atoms with Crippen molar-refractivity contribution in [2.24, 2.45) is 17.8 Å². The fourth-order valence-electron chi connectivity index (χ4n) is 11.9. The molecule has 0 aromatic carbocycles. The second-order valence-corrected chi connectivity index (χ2v) is 21.6. The van der Waals surface area contributed by atoms with Crippen molar-refractivity contribution < 1.29 is 139 Å². The summed E-state index contributed by atoms with van der Waals surface area (Å²) in [5.74, 6) is -2.24. The van der Waals surface area contributed by atoms with Crippen molar-refractivity contribution in [1.29, 1.82) is 0 Å². The van der Waals surface area contributed by atoms with Crippen molar-refractivity contribution in [3.8, 4) is 0 Å². The van der Waals surface area contributed by atoms with E-state index in [2.05, 4.69) is 0 Å². The van der Waals surface area contributed by atoms with Crippen LogP contribution in [0.4, 0.5) is 0 Å². The van der Waals surface area contributed by atoms with E-state index in [9.17, 15) is 91.6 Å². The molecule has 8 rings (SSSR count). The number of carbonyl (C=O) groups is 1. The normalized spacial score (nSPS) is 51.5. The Morgan fingerprint density at radius 3 is 1.49 bits per heavy atom. The number of hydrogen-bond acceptors (Lipinski definition) is 28. The SMILES string of the molecule is O=C(C=CC1CCC(O[C@@H]2O[C@H](CO)[C@@H](O)[C@H](O)[C@H]2O)C(O)C1)OC[C@H]1O[C@@H](OC2CC3C(CC(O)CC3O[C@@H]3O[C@H](CO)[C@@H](O)[C@H](O)[C@H]3O)OC2C2CCC(O)CC2)[C@H](O[C@@H]2O[C@H](CO)[C@@H](O)[C@H](O)[C@H]2O)[C@@H](O)[C@@H]1O. The maximum atomic E-state index is 13.2. The molecule has 438 valence electrons. The number of hydrogen-bond donors (Lipinski definition) is 17. The third-order valence-electron chi connectivity index (χ3n) is 16.5. The summed E-state index contributed by atoms with van der Waals surface area (Å²) < 4.78 is 59.9. The van der Waals surface area contributed by atoms with Crippen molar-refractivity contribution in [2.45, 2.75) is 236 Å². The lowest BCUT2D eigenvalue weighted by molar-refractivity contribution is -0.380. The van der Waals surface area contributed by atoms with Crippen molar-refractivity contribution in [3.05, 3.63) is 12.2 Å². The zero-order valence-electron chi connectivity index (χ0n) is 41.5. The number of aliphatic hydroxyl groups is 17. The lowest BCUT2D eigenvalue weighted by atomic mass is 9.73. The van der Waals surface area contributed by atoms with E-state index in [-0.39, 0.29) is 43.9 Å². The Labute approximate surface area is 436 Å². The van der Waals surface area contributed by atoms with Crippen LogP contribution >= 0.6 is 0 Å². The Morgan fingerprint density at radius 1 is 0.447 bits per heavy atom. The highest BCUT2D eigenvalue weighted by Gasteiger charge is 2.56. The fourth-order valence-corrected chi connectivity index (χ4v) is 11.9. The summed E-state index contributed by atoms with van der Waals surface area (Å²) in [4.78, 5) is 13.2. The minimum atomic E-state index is -1.99. The molecule has 0 spiro atoms. The molecule has 0 aromatic rings. The highest BCUT2D eigenvalue weighted by atomic mass is 16.8. The van der Waals surface area contributed by atoms with E-state index in [0.717, 1.165) is 6.08 Å². The predicted molar refractivity (Wildman–Crippen MR) is 245 cm³/mol. The first-order valence-corrected chi connectivity index (χ1v) is 26.3. The minimum Gasteiger partial charge on any atom is -0.460 e. The Balaban J connectivity index is 0.982. The van der Waals surface area contributed by atoms with Gasteiger partial charge in [-0.15, -0.1) is 0 Å². The average Bonchev–Trinajstić information content (AvgIpc) is 3.40. The highest BCUT2D eigenvalue weighted by molar-refractivity contribution is 5.81. The molecule has 8 fully saturated rings. The molecule has 0 bridgehead atoms. The van der Waals surface area contributed by atoms with E-state index in [1.807, 2.05) is 0 Å². The van der Waals surface area contributed by atoms with Gasteiger partial charge in [0, 0.05) is 18.4 Å². The lowest BCUT2D eigenvalue weighted by Gasteiger charge is -2.52. The van der Waals surface area contributed by atoms with Gasteiger partial charge in [-0.05, 0) is 69.6 Å². The summed E-state index contributed by atoms with van der Waals surface area (Å²) in [6.45, 7) is -2.92. The molecule has 29 atom stereocenters. The van der Waals surface area contributed by atoms with Gasteiger partial charge in [0.2, 0.25) is 0 Å². The molecular weight excluding hydrogens is 1020 g/mol. The van der Waals surface area contributed by atoms with Gasteiger partial charge in [-0.25, -0.2) is 4.79 Å². The standard InChI is InChI=1S/C48H78O28/c49-13-27-32(56)36(60)40(64)45(72-27)69-23-7-1-17(9-22(23)54)2-8-31(55)67-16-30-35(59)39(63)44(76-47-42(66)38(62)34(58)29(15-51)74-47)48(75-30)71-26-12-21-24(68-43(26)18-3-5-19(52)6-4-18)10-20(53)11-25(21)70-46-41(65)37(61)33(57)28(14-50)73-46/h2,8,17-30,32-54,56-66H,1,3-7,9-16H2/t17?,18?,19?,20?,21?,22?,23?,24?,25?,26?,27-,28-,29-,30-,32-,33-,34-,35-,36+,37+,38+,39+,40-,41-,42-,43?,44-,45-,46-,47+,48-/m1/s1. The molecule has 17 N–H and O–H groups in total.